The molecule has 1 N–H and O–H groups in total. The Balaban J connectivity index is 1.74. The van der Waals surface area contributed by atoms with Crippen LogP contribution in [-0.2, 0) is 0 Å². The summed E-state index contributed by atoms with van der Waals surface area (Å²) < 4.78 is 0. The van der Waals surface area contributed by atoms with Crippen LogP contribution in [0, 0.1) is 11.3 Å². The van der Waals surface area contributed by atoms with Gasteiger partial charge in [0, 0.05) is 5.69 Å². The van der Waals surface area contributed by atoms with E-state index in [1.807, 2.05) is 0 Å². The molecule has 1 saturated carbocycles. The minimum atomic E-state index is 0.453. The third kappa shape index (κ3) is 3.19. The van der Waals surface area contributed by atoms with Crippen LogP contribution in [0.5, 0.6) is 0 Å². The highest BCUT2D eigenvalue weighted by atomic mass is 15.0. The second-order valence-electron chi connectivity index (χ2n) is 5.48. The Morgan fingerprint density at radius 2 is 1.86 bits per heavy atom. The first-order chi connectivity index (χ1) is 10.4. The molecule has 21 heavy (non-hydrogen) atoms. The minimum Gasteiger partial charge on any atom is -0.339 e. The number of rotatable bonds is 3. The van der Waals surface area contributed by atoms with Crippen LogP contribution >= 0.6 is 0 Å². The lowest BCUT2D eigenvalue weighted by Gasteiger charge is -2.22. The molecule has 4 heteroatoms. The molecule has 0 radical (unpaired) electrons. The third-order valence-electron chi connectivity index (χ3n) is 4.08. The van der Waals surface area contributed by atoms with E-state index in [0.717, 1.165) is 5.69 Å². The monoisotopic (exact) mass is 278 g/mol. The van der Waals surface area contributed by atoms with Crippen molar-refractivity contribution in [1.29, 1.82) is 5.26 Å². The van der Waals surface area contributed by atoms with Gasteiger partial charge in [-0.1, -0.05) is 31.4 Å². The second-order valence-corrected chi connectivity index (χ2v) is 5.48. The lowest BCUT2D eigenvalue weighted by Crippen LogP contribution is -2.04. The zero-order chi connectivity index (χ0) is 14.5. The van der Waals surface area contributed by atoms with Crippen LogP contribution in [0.4, 0.5) is 11.5 Å². The maximum Gasteiger partial charge on any atom is 0.151 e. The zero-order valence-electron chi connectivity index (χ0n) is 11.9. The van der Waals surface area contributed by atoms with Crippen molar-refractivity contribution in [2.45, 2.75) is 38.0 Å². The molecule has 0 spiro atoms. The highest BCUT2D eigenvalue weighted by Crippen LogP contribution is 2.33. The summed E-state index contributed by atoms with van der Waals surface area (Å²) in [5, 5.41) is 12.2. The van der Waals surface area contributed by atoms with E-state index in [0.29, 0.717) is 17.3 Å². The first-order valence-electron chi connectivity index (χ1n) is 7.44. The van der Waals surface area contributed by atoms with Crippen LogP contribution < -0.4 is 5.32 Å². The average molecular weight is 278 g/mol. The van der Waals surface area contributed by atoms with E-state index in [-0.39, 0.29) is 0 Å². The van der Waals surface area contributed by atoms with Gasteiger partial charge in [0.05, 0.1) is 6.20 Å². The van der Waals surface area contributed by atoms with Crippen LogP contribution in [0.2, 0.25) is 0 Å². The molecule has 0 unspecified atom stereocenters. The number of nitrogens with one attached hydrogen (secondary N) is 1. The van der Waals surface area contributed by atoms with Crippen molar-refractivity contribution in [2.24, 2.45) is 0 Å². The third-order valence-corrected chi connectivity index (χ3v) is 4.08. The SMILES string of the molecule is N#Cc1cncnc1Nc1ccc(C2CCCCC2)cc1. The molecule has 2 aromatic rings. The topological polar surface area (TPSA) is 61.6 Å². The number of hydrogen-bond acceptors (Lipinski definition) is 4. The van der Waals surface area contributed by atoms with Crippen molar-refractivity contribution in [3.63, 3.8) is 0 Å². The molecule has 0 bridgehead atoms. The maximum atomic E-state index is 9.04. The summed E-state index contributed by atoms with van der Waals surface area (Å²) in [5.41, 5.74) is 2.82. The van der Waals surface area contributed by atoms with Gasteiger partial charge >= 0.3 is 0 Å². The van der Waals surface area contributed by atoms with Gasteiger partial charge < -0.3 is 5.32 Å². The fourth-order valence-corrected chi connectivity index (χ4v) is 2.92. The van der Waals surface area contributed by atoms with Crippen molar-refractivity contribution in [1.82, 2.24) is 9.97 Å². The number of hydrogen-bond donors (Lipinski definition) is 1. The molecule has 0 saturated heterocycles. The normalized spacial score (nSPS) is 15.4. The molecule has 1 heterocycles. The number of nitriles is 1. The van der Waals surface area contributed by atoms with E-state index < -0.39 is 0 Å². The smallest absolute Gasteiger partial charge is 0.151 e. The summed E-state index contributed by atoms with van der Waals surface area (Å²) in [6, 6.07) is 10.6. The lowest BCUT2D eigenvalue weighted by atomic mass is 9.84. The van der Waals surface area contributed by atoms with Gasteiger partial charge in [-0.15, -0.1) is 0 Å². The first-order valence-corrected chi connectivity index (χ1v) is 7.44. The van der Waals surface area contributed by atoms with Crippen molar-refractivity contribution in [2.75, 3.05) is 5.32 Å². The van der Waals surface area contributed by atoms with Gasteiger partial charge in [-0.3, -0.25) is 0 Å². The molecular weight excluding hydrogens is 260 g/mol. The number of anilines is 2. The quantitative estimate of drug-likeness (QED) is 0.916. The number of aromatic nitrogens is 2. The Kier molecular flexibility index (Phi) is 4.11. The number of nitrogens with zero attached hydrogens (tertiary/aromatic N) is 3. The van der Waals surface area contributed by atoms with Crippen LogP contribution in [0.1, 0.15) is 49.1 Å². The van der Waals surface area contributed by atoms with Crippen LogP contribution in [-0.4, -0.2) is 9.97 Å². The Hall–Kier alpha value is -2.41. The molecule has 1 aromatic heterocycles. The molecule has 3 rings (SSSR count). The van der Waals surface area contributed by atoms with E-state index in [1.54, 1.807) is 0 Å². The molecule has 1 aromatic carbocycles. The minimum absolute atomic E-state index is 0.453. The molecule has 4 nitrogen and oxygen atoms in total. The van der Waals surface area contributed by atoms with Crippen molar-refractivity contribution in [3.8, 4) is 6.07 Å². The van der Waals surface area contributed by atoms with E-state index in [4.69, 9.17) is 5.26 Å². The van der Waals surface area contributed by atoms with E-state index in [1.165, 1.54) is 50.2 Å². The maximum absolute atomic E-state index is 9.04. The molecule has 1 aliphatic carbocycles. The van der Waals surface area contributed by atoms with Gasteiger partial charge in [0.1, 0.15) is 18.0 Å². The first kappa shape index (κ1) is 13.6. The largest absolute Gasteiger partial charge is 0.339 e. The predicted octanol–water partition coefficient (Wildman–Crippen LogP) is 4.14. The Morgan fingerprint density at radius 1 is 1.10 bits per heavy atom. The summed E-state index contributed by atoms with van der Waals surface area (Å²) in [4.78, 5) is 7.97. The summed E-state index contributed by atoms with van der Waals surface area (Å²) in [6.07, 6.45) is 9.63. The standard InChI is InChI=1S/C17H18N4/c18-10-15-11-19-12-20-17(15)21-16-8-6-14(7-9-16)13-4-2-1-3-5-13/h6-9,11-13H,1-5H2,(H,19,20,21). The molecular formula is C17H18N4. The molecule has 0 atom stereocenters. The molecule has 106 valence electrons. The Morgan fingerprint density at radius 3 is 2.57 bits per heavy atom. The molecule has 1 aliphatic rings. The Labute approximate surface area is 124 Å². The van der Waals surface area contributed by atoms with Gasteiger partial charge in [-0.25, -0.2) is 9.97 Å². The summed E-state index contributed by atoms with van der Waals surface area (Å²) >= 11 is 0. The van der Waals surface area contributed by atoms with Gasteiger partial charge in [0.25, 0.3) is 0 Å². The molecule has 0 aliphatic heterocycles. The van der Waals surface area contributed by atoms with Crippen molar-refractivity contribution < 1.29 is 0 Å². The van der Waals surface area contributed by atoms with Gasteiger partial charge in [-0.2, -0.15) is 5.26 Å². The fourth-order valence-electron chi connectivity index (χ4n) is 2.92. The predicted molar refractivity (Wildman–Crippen MR) is 82.3 cm³/mol. The van der Waals surface area contributed by atoms with Crippen molar-refractivity contribution in [3.05, 3.63) is 47.9 Å². The molecule has 0 amide bonds. The average Bonchev–Trinajstić information content (AvgIpc) is 2.57. The zero-order valence-corrected chi connectivity index (χ0v) is 11.9. The second kappa shape index (κ2) is 6.36. The Bertz CT molecular complexity index is 637. The van der Waals surface area contributed by atoms with Crippen LogP contribution in [0.3, 0.4) is 0 Å². The molecule has 1 fully saturated rings. The van der Waals surface area contributed by atoms with E-state index in [2.05, 4.69) is 45.6 Å². The van der Waals surface area contributed by atoms with E-state index >= 15 is 0 Å². The van der Waals surface area contributed by atoms with Crippen LogP contribution in [0.15, 0.2) is 36.8 Å². The van der Waals surface area contributed by atoms with Gasteiger partial charge in [0.15, 0.2) is 5.82 Å². The van der Waals surface area contributed by atoms with Crippen molar-refractivity contribution >= 4 is 11.5 Å². The van der Waals surface area contributed by atoms with E-state index in [9.17, 15) is 0 Å². The van der Waals surface area contributed by atoms with Crippen LogP contribution in [0.25, 0.3) is 0 Å². The van der Waals surface area contributed by atoms with Gasteiger partial charge in [0.2, 0.25) is 0 Å². The van der Waals surface area contributed by atoms with Gasteiger partial charge in [-0.05, 0) is 36.5 Å². The summed E-state index contributed by atoms with van der Waals surface area (Å²) in [6.45, 7) is 0. The summed E-state index contributed by atoms with van der Waals surface area (Å²) in [5.74, 6) is 1.26. The highest BCUT2D eigenvalue weighted by Gasteiger charge is 2.15. The number of benzene rings is 1. The lowest BCUT2D eigenvalue weighted by molar-refractivity contribution is 0.443. The highest BCUT2D eigenvalue weighted by molar-refractivity contribution is 5.62. The fraction of sp³-hybridized carbons (Fsp3) is 0.353. The summed E-state index contributed by atoms with van der Waals surface area (Å²) in [7, 11) is 0.